The Hall–Kier alpha value is -0.480. The predicted octanol–water partition coefficient (Wildman–Crippen LogP) is 2.82. The molecule has 4 heteroatoms. The van der Waals surface area contributed by atoms with E-state index in [4.69, 9.17) is 0 Å². The summed E-state index contributed by atoms with van der Waals surface area (Å²) >= 11 is 3.75. The fourth-order valence-corrected chi connectivity index (χ4v) is 4.66. The van der Waals surface area contributed by atoms with E-state index < -0.39 is 0 Å². The second-order valence-electron chi connectivity index (χ2n) is 4.37. The van der Waals surface area contributed by atoms with E-state index in [2.05, 4.69) is 18.8 Å². The van der Waals surface area contributed by atoms with Crippen LogP contribution in [-0.2, 0) is 11.2 Å². The Labute approximate surface area is 111 Å². The van der Waals surface area contributed by atoms with Crippen molar-refractivity contribution in [2.24, 2.45) is 0 Å². The number of Topliss-reactive ketones (excluding diaryl/α,β-unsaturated/α-hetero) is 1. The van der Waals surface area contributed by atoms with Crippen molar-refractivity contribution in [3.63, 3.8) is 0 Å². The Morgan fingerprint density at radius 3 is 2.94 bits per heavy atom. The van der Waals surface area contributed by atoms with Crippen LogP contribution in [0.15, 0.2) is 24.5 Å². The first-order valence-electron chi connectivity index (χ1n) is 5.85. The molecule has 1 aliphatic heterocycles. The fraction of sp³-hybridized carbons (Fsp3) is 0.538. The number of hydrogen-bond acceptors (Lipinski definition) is 4. The van der Waals surface area contributed by atoms with Crippen LogP contribution in [0, 0.1) is 0 Å². The van der Waals surface area contributed by atoms with Gasteiger partial charge < -0.3 is 0 Å². The molecule has 1 aromatic rings. The zero-order chi connectivity index (χ0) is 12.3. The summed E-state index contributed by atoms with van der Waals surface area (Å²) in [6.45, 7) is 4.45. The molecule has 3 atom stereocenters. The molecule has 0 radical (unpaired) electrons. The molecule has 92 valence electrons. The van der Waals surface area contributed by atoms with Crippen molar-refractivity contribution >= 4 is 29.3 Å². The van der Waals surface area contributed by atoms with E-state index in [0.717, 1.165) is 11.3 Å². The summed E-state index contributed by atoms with van der Waals surface area (Å²) in [5.74, 6) is 1.30. The van der Waals surface area contributed by atoms with E-state index in [0.29, 0.717) is 22.7 Å². The lowest BCUT2D eigenvalue weighted by Crippen LogP contribution is -2.32. The van der Waals surface area contributed by atoms with Crippen LogP contribution in [-0.4, -0.2) is 32.3 Å². The van der Waals surface area contributed by atoms with Crippen molar-refractivity contribution in [2.45, 2.75) is 36.0 Å². The molecule has 1 aliphatic rings. The molecule has 0 bridgehead atoms. The molecule has 2 heterocycles. The molecule has 1 saturated heterocycles. The molecule has 0 aliphatic carbocycles. The zero-order valence-electron chi connectivity index (χ0n) is 10.1. The van der Waals surface area contributed by atoms with Crippen LogP contribution < -0.4 is 0 Å². The van der Waals surface area contributed by atoms with Gasteiger partial charge in [0.05, 0.1) is 5.25 Å². The van der Waals surface area contributed by atoms with Crippen molar-refractivity contribution in [1.29, 1.82) is 0 Å². The number of hydrogen-bond donors (Lipinski definition) is 0. The Bertz CT molecular complexity index is 382. The Balaban J connectivity index is 1.93. The maximum atomic E-state index is 12.2. The van der Waals surface area contributed by atoms with E-state index >= 15 is 0 Å². The van der Waals surface area contributed by atoms with Crippen LogP contribution in [0.3, 0.4) is 0 Å². The van der Waals surface area contributed by atoms with E-state index in [-0.39, 0.29) is 5.25 Å². The lowest BCUT2D eigenvalue weighted by Gasteiger charge is -2.30. The third-order valence-electron chi connectivity index (χ3n) is 3.01. The average Bonchev–Trinajstić information content (AvgIpc) is 2.34. The summed E-state index contributed by atoms with van der Waals surface area (Å²) in [5, 5.41) is 1.38. The highest BCUT2D eigenvalue weighted by Gasteiger charge is 2.29. The number of pyridine rings is 1. The monoisotopic (exact) mass is 267 g/mol. The highest BCUT2D eigenvalue weighted by Crippen LogP contribution is 2.36. The molecular weight excluding hydrogens is 250 g/mol. The average molecular weight is 267 g/mol. The number of nitrogens with zero attached hydrogens (tertiary/aromatic N) is 1. The second kappa shape index (κ2) is 5.91. The minimum atomic E-state index is 0.159. The summed E-state index contributed by atoms with van der Waals surface area (Å²) in [4.78, 5) is 16.2. The molecule has 1 fully saturated rings. The van der Waals surface area contributed by atoms with Crippen molar-refractivity contribution in [1.82, 2.24) is 4.98 Å². The normalized spacial score (nSPS) is 28.9. The van der Waals surface area contributed by atoms with E-state index in [1.165, 1.54) is 0 Å². The Morgan fingerprint density at radius 1 is 1.47 bits per heavy atom. The summed E-state index contributed by atoms with van der Waals surface area (Å²) in [6.07, 6.45) is 4.04. The minimum Gasteiger partial charge on any atom is -0.298 e. The zero-order valence-corrected chi connectivity index (χ0v) is 11.8. The van der Waals surface area contributed by atoms with Crippen molar-refractivity contribution < 1.29 is 4.79 Å². The summed E-state index contributed by atoms with van der Waals surface area (Å²) in [6, 6.07) is 3.85. The van der Waals surface area contributed by atoms with Gasteiger partial charge in [0.15, 0.2) is 5.78 Å². The number of aromatic nitrogens is 1. The first-order valence-corrected chi connectivity index (χ1v) is 7.84. The van der Waals surface area contributed by atoms with E-state index in [1.807, 2.05) is 35.7 Å². The molecule has 2 rings (SSSR count). The van der Waals surface area contributed by atoms with Crippen LogP contribution in [0.4, 0.5) is 0 Å². The smallest absolute Gasteiger partial charge is 0.151 e. The number of carbonyl (C=O) groups is 1. The molecule has 3 unspecified atom stereocenters. The standard InChI is InChI=1S/C13H17NOS2/c1-9-10(2)17-13(8-16-9)12(15)6-11-4-3-5-14-7-11/h3-5,7,9-10,13H,6,8H2,1-2H3. The molecule has 0 spiro atoms. The van der Waals surface area contributed by atoms with Crippen LogP contribution in [0.5, 0.6) is 0 Å². The van der Waals surface area contributed by atoms with Gasteiger partial charge in [-0.05, 0) is 11.6 Å². The largest absolute Gasteiger partial charge is 0.298 e. The molecular formula is C13H17NOS2. The molecule has 0 amide bonds. The van der Waals surface area contributed by atoms with Gasteiger partial charge in [0, 0.05) is 35.1 Å². The Morgan fingerprint density at radius 2 is 2.29 bits per heavy atom. The van der Waals surface area contributed by atoms with E-state index in [9.17, 15) is 4.79 Å². The van der Waals surface area contributed by atoms with Gasteiger partial charge in [0.1, 0.15) is 0 Å². The van der Waals surface area contributed by atoms with Crippen molar-refractivity contribution in [2.75, 3.05) is 5.75 Å². The number of rotatable bonds is 3. The minimum absolute atomic E-state index is 0.159. The summed E-state index contributed by atoms with van der Waals surface area (Å²) in [5.41, 5.74) is 1.02. The maximum Gasteiger partial charge on any atom is 0.151 e. The van der Waals surface area contributed by atoms with Crippen molar-refractivity contribution in [3.8, 4) is 0 Å². The maximum absolute atomic E-state index is 12.2. The molecule has 0 saturated carbocycles. The van der Waals surface area contributed by atoms with Crippen LogP contribution in [0.2, 0.25) is 0 Å². The first-order chi connectivity index (χ1) is 8.16. The van der Waals surface area contributed by atoms with Crippen LogP contribution in [0.25, 0.3) is 0 Å². The lowest BCUT2D eigenvalue weighted by molar-refractivity contribution is -0.117. The quantitative estimate of drug-likeness (QED) is 0.842. The van der Waals surface area contributed by atoms with Crippen molar-refractivity contribution in [3.05, 3.63) is 30.1 Å². The summed E-state index contributed by atoms with van der Waals surface area (Å²) in [7, 11) is 0. The summed E-state index contributed by atoms with van der Waals surface area (Å²) < 4.78 is 0. The second-order valence-corrected chi connectivity index (χ2v) is 7.37. The molecule has 0 aromatic carbocycles. The van der Waals surface area contributed by atoms with Gasteiger partial charge in [-0.25, -0.2) is 0 Å². The highest BCUT2D eigenvalue weighted by molar-refractivity contribution is 8.08. The topological polar surface area (TPSA) is 30.0 Å². The third kappa shape index (κ3) is 3.49. The fourth-order valence-electron chi connectivity index (χ4n) is 1.77. The number of ketones is 1. The third-order valence-corrected chi connectivity index (χ3v) is 6.45. The molecule has 17 heavy (non-hydrogen) atoms. The number of carbonyl (C=O) groups excluding carboxylic acids is 1. The van der Waals surface area contributed by atoms with Crippen LogP contribution >= 0.6 is 23.5 Å². The van der Waals surface area contributed by atoms with Gasteiger partial charge in [-0.1, -0.05) is 19.9 Å². The van der Waals surface area contributed by atoms with Gasteiger partial charge >= 0.3 is 0 Å². The van der Waals surface area contributed by atoms with Gasteiger partial charge in [-0.2, -0.15) is 11.8 Å². The van der Waals surface area contributed by atoms with Gasteiger partial charge in [0.2, 0.25) is 0 Å². The van der Waals surface area contributed by atoms with Gasteiger partial charge in [-0.3, -0.25) is 9.78 Å². The molecule has 0 N–H and O–H groups in total. The van der Waals surface area contributed by atoms with E-state index in [1.54, 1.807) is 12.4 Å². The lowest BCUT2D eigenvalue weighted by atomic mass is 10.1. The Kier molecular flexibility index (Phi) is 4.51. The van der Waals surface area contributed by atoms with Crippen LogP contribution in [0.1, 0.15) is 19.4 Å². The highest BCUT2D eigenvalue weighted by atomic mass is 32.2. The molecule has 2 nitrogen and oxygen atoms in total. The molecule has 1 aromatic heterocycles. The SMILES string of the molecule is CC1SCC(C(=O)Cc2cccnc2)SC1C. The predicted molar refractivity (Wildman–Crippen MR) is 75.7 cm³/mol. The number of thioether (sulfide) groups is 2. The van der Waals surface area contributed by atoms with Gasteiger partial charge in [-0.15, -0.1) is 11.8 Å². The first kappa shape index (κ1) is 13.0. The van der Waals surface area contributed by atoms with Gasteiger partial charge in [0.25, 0.3) is 0 Å².